The monoisotopic (exact) mass is 473 g/mol. The highest BCUT2D eigenvalue weighted by Gasteiger charge is 2.30. The SMILES string of the molecule is CC1CCN(C(=O)c2cc(NC(=O)c3ccc(C(F)(F)F)cc3)ccc2N2CCCCC2)CC1. The minimum absolute atomic E-state index is 0.0434. The topological polar surface area (TPSA) is 52.7 Å². The van der Waals surface area contributed by atoms with Gasteiger partial charge in [0, 0.05) is 43.1 Å². The molecule has 1 N–H and O–H groups in total. The molecule has 8 heteroatoms. The number of nitrogens with zero attached hydrogens (tertiary/aromatic N) is 2. The van der Waals surface area contributed by atoms with Gasteiger partial charge in [-0.05, 0) is 80.5 Å². The molecule has 2 heterocycles. The Hall–Kier alpha value is -3.03. The van der Waals surface area contributed by atoms with Crippen molar-refractivity contribution in [3.05, 3.63) is 59.2 Å². The molecule has 34 heavy (non-hydrogen) atoms. The summed E-state index contributed by atoms with van der Waals surface area (Å²) in [5.74, 6) is 0.0303. The molecule has 0 atom stereocenters. The maximum Gasteiger partial charge on any atom is 0.416 e. The quantitative estimate of drug-likeness (QED) is 0.609. The number of anilines is 2. The van der Waals surface area contributed by atoms with Crippen molar-refractivity contribution in [1.82, 2.24) is 4.90 Å². The average Bonchev–Trinajstić information content (AvgIpc) is 2.84. The standard InChI is InChI=1S/C26H30F3N3O2/c1-18-11-15-32(16-12-18)25(34)22-17-21(9-10-23(22)31-13-3-2-4-14-31)30-24(33)19-5-7-20(8-6-19)26(27,28)29/h5-10,17-18H,2-4,11-16H2,1H3,(H,30,33). The Labute approximate surface area is 197 Å². The summed E-state index contributed by atoms with van der Waals surface area (Å²) in [5, 5.41) is 2.74. The van der Waals surface area contributed by atoms with Gasteiger partial charge in [0.1, 0.15) is 0 Å². The molecule has 0 radical (unpaired) electrons. The molecule has 0 saturated carbocycles. The van der Waals surface area contributed by atoms with Crippen molar-refractivity contribution in [3.8, 4) is 0 Å². The number of piperidine rings is 2. The van der Waals surface area contributed by atoms with Crippen LogP contribution >= 0.6 is 0 Å². The molecular weight excluding hydrogens is 443 g/mol. The van der Waals surface area contributed by atoms with E-state index in [-0.39, 0.29) is 11.5 Å². The van der Waals surface area contributed by atoms with Crippen LogP contribution in [0.4, 0.5) is 24.5 Å². The van der Waals surface area contributed by atoms with Gasteiger partial charge in [0.05, 0.1) is 11.1 Å². The number of hydrogen-bond donors (Lipinski definition) is 1. The van der Waals surface area contributed by atoms with Gasteiger partial charge in [0.15, 0.2) is 0 Å². The molecule has 2 aromatic carbocycles. The molecule has 2 aromatic rings. The van der Waals surface area contributed by atoms with E-state index in [9.17, 15) is 22.8 Å². The van der Waals surface area contributed by atoms with E-state index in [1.807, 2.05) is 11.0 Å². The van der Waals surface area contributed by atoms with Crippen LogP contribution in [0.2, 0.25) is 0 Å². The summed E-state index contributed by atoms with van der Waals surface area (Å²) in [6, 6.07) is 9.41. The first kappa shape index (κ1) is 24.1. The number of benzene rings is 2. The lowest BCUT2D eigenvalue weighted by Gasteiger charge is -2.34. The maximum atomic E-state index is 13.5. The van der Waals surface area contributed by atoms with Crippen LogP contribution in [0.3, 0.4) is 0 Å². The number of carbonyl (C=O) groups is 2. The van der Waals surface area contributed by atoms with Crippen molar-refractivity contribution in [2.24, 2.45) is 5.92 Å². The molecule has 5 nitrogen and oxygen atoms in total. The number of likely N-dealkylation sites (tertiary alicyclic amines) is 1. The molecular formula is C26H30F3N3O2. The Morgan fingerprint density at radius 3 is 2.18 bits per heavy atom. The molecule has 0 spiro atoms. The number of amides is 2. The zero-order valence-electron chi connectivity index (χ0n) is 19.3. The van der Waals surface area contributed by atoms with Crippen molar-refractivity contribution in [3.63, 3.8) is 0 Å². The number of hydrogen-bond acceptors (Lipinski definition) is 3. The molecule has 0 aliphatic carbocycles. The molecule has 2 saturated heterocycles. The van der Waals surface area contributed by atoms with E-state index in [0.29, 0.717) is 30.3 Å². The first-order chi connectivity index (χ1) is 16.2. The predicted octanol–water partition coefficient (Wildman–Crippen LogP) is 5.82. The van der Waals surface area contributed by atoms with E-state index in [4.69, 9.17) is 0 Å². The van der Waals surface area contributed by atoms with E-state index in [1.54, 1.807) is 12.1 Å². The highest BCUT2D eigenvalue weighted by molar-refractivity contribution is 6.06. The van der Waals surface area contributed by atoms with Gasteiger partial charge >= 0.3 is 6.18 Å². The van der Waals surface area contributed by atoms with Crippen LogP contribution in [-0.2, 0) is 6.18 Å². The first-order valence-corrected chi connectivity index (χ1v) is 11.9. The summed E-state index contributed by atoms with van der Waals surface area (Å²) in [7, 11) is 0. The fourth-order valence-electron chi connectivity index (χ4n) is 4.59. The van der Waals surface area contributed by atoms with Gasteiger partial charge in [-0.15, -0.1) is 0 Å². The van der Waals surface area contributed by atoms with E-state index in [2.05, 4.69) is 17.1 Å². The largest absolute Gasteiger partial charge is 0.416 e. The van der Waals surface area contributed by atoms with Gasteiger partial charge in [-0.3, -0.25) is 9.59 Å². The maximum absolute atomic E-state index is 13.5. The second-order valence-corrected chi connectivity index (χ2v) is 9.28. The Morgan fingerprint density at radius 2 is 1.56 bits per heavy atom. The van der Waals surface area contributed by atoms with E-state index in [0.717, 1.165) is 68.7 Å². The van der Waals surface area contributed by atoms with Crippen LogP contribution in [0.25, 0.3) is 0 Å². The number of alkyl halides is 3. The van der Waals surface area contributed by atoms with Crippen LogP contribution in [-0.4, -0.2) is 42.9 Å². The van der Waals surface area contributed by atoms with E-state index < -0.39 is 17.6 Å². The fraction of sp³-hybridized carbons (Fsp3) is 0.462. The van der Waals surface area contributed by atoms with Gasteiger partial charge in [-0.2, -0.15) is 13.2 Å². The highest BCUT2D eigenvalue weighted by atomic mass is 19.4. The summed E-state index contributed by atoms with van der Waals surface area (Å²) in [5.41, 5.74) is 1.18. The van der Waals surface area contributed by atoms with Crippen molar-refractivity contribution >= 4 is 23.2 Å². The fourth-order valence-corrected chi connectivity index (χ4v) is 4.59. The Morgan fingerprint density at radius 1 is 0.912 bits per heavy atom. The van der Waals surface area contributed by atoms with Crippen molar-refractivity contribution in [1.29, 1.82) is 0 Å². The molecule has 2 fully saturated rings. The molecule has 0 bridgehead atoms. The smallest absolute Gasteiger partial charge is 0.371 e. The van der Waals surface area contributed by atoms with Gasteiger partial charge in [0.2, 0.25) is 0 Å². The average molecular weight is 474 g/mol. The van der Waals surface area contributed by atoms with Crippen molar-refractivity contribution < 1.29 is 22.8 Å². The summed E-state index contributed by atoms with van der Waals surface area (Å²) >= 11 is 0. The summed E-state index contributed by atoms with van der Waals surface area (Å²) in [6.45, 7) is 5.38. The van der Waals surface area contributed by atoms with E-state index in [1.165, 1.54) is 6.42 Å². The zero-order valence-corrected chi connectivity index (χ0v) is 19.3. The first-order valence-electron chi connectivity index (χ1n) is 11.9. The summed E-state index contributed by atoms with van der Waals surface area (Å²) in [4.78, 5) is 30.3. The molecule has 0 aromatic heterocycles. The van der Waals surface area contributed by atoms with Gasteiger partial charge < -0.3 is 15.1 Å². The molecule has 182 valence electrons. The number of halogens is 3. The van der Waals surface area contributed by atoms with Crippen LogP contribution in [0.15, 0.2) is 42.5 Å². The lowest BCUT2D eigenvalue weighted by Crippen LogP contribution is -2.39. The second-order valence-electron chi connectivity index (χ2n) is 9.28. The summed E-state index contributed by atoms with van der Waals surface area (Å²) < 4.78 is 38.4. The minimum atomic E-state index is -4.46. The minimum Gasteiger partial charge on any atom is -0.371 e. The van der Waals surface area contributed by atoms with Crippen LogP contribution in [0, 0.1) is 5.92 Å². The summed E-state index contributed by atoms with van der Waals surface area (Å²) in [6.07, 6.45) is 0.790. The number of nitrogens with one attached hydrogen (secondary N) is 1. The molecule has 2 aliphatic rings. The third-order valence-corrected chi connectivity index (χ3v) is 6.73. The Kier molecular flexibility index (Phi) is 7.14. The predicted molar refractivity (Wildman–Crippen MR) is 126 cm³/mol. The molecule has 2 aliphatic heterocycles. The highest BCUT2D eigenvalue weighted by Crippen LogP contribution is 2.31. The van der Waals surface area contributed by atoms with Crippen LogP contribution in [0.5, 0.6) is 0 Å². The molecule has 4 rings (SSSR count). The second kappa shape index (κ2) is 10.1. The lowest BCUT2D eigenvalue weighted by atomic mass is 9.98. The third-order valence-electron chi connectivity index (χ3n) is 6.73. The van der Waals surface area contributed by atoms with Gasteiger partial charge in [0.25, 0.3) is 11.8 Å². The Bertz CT molecular complexity index is 1020. The van der Waals surface area contributed by atoms with Gasteiger partial charge in [-0.25, -0.2) is 0 Å². The van der Waals surface area contributed by atoms with Crippen LogP contribution in [0.1, 0.15) is 65.3 Å². The molecule has 0 unspecified atom stereocenters. The van der Waals surface area contributed by atoms with Gasteiger partial charge in [-0.1, -0.05) is 6.92 Å². The zero-order chi connectivity index (χ0) is 24.3. The van der Waals surface area contributed by atoms with Crippen LogP contribution < -0.4 is 10.2 Å². The normalized spacial score (nSPS) is 17.5. The van der Waals surface area contributed by atoms with E-state index >= 15 is 0 Å². The molecule has 2 amide bonds. The Balaban J connectivity index is 1.57. The van der Waals surface area contributed by atoms with Crippen molar-refractivity contribution in [2.45, 2.75) is 45.2 Å². The van der Waals surface area contributed by atoms with Crippen molar-refractivity contribution in [2.75, 3.05) is 36.4 Å². The number of rotatable bonds is 4. The number of carbonyl (C=O) groups excluding carboxylic acids is 2. The lowest BCUT2D eigenvalue weighted by molar-refractivity contribution is -0.137. The third kappa shape index (κ3) is 5.54.